The molecule has 3 aliphatic rings. The number of piperidine rings is 1. The average molecular weight is 625 g/mol. The maximum atomic E-state index is 14.4. The number of ether oxygens (including phenoxy) is 1. The Kier molecular flexibility index (Phi) is 8.99. The number of carbonyl (C=O) groups excluding carboxylic acids is 2. The minimum Gasteiger partial charge on any atom is -0.465 e. The molecule has 2 N–H and O–H groups in total. The lowest BCUT2D eigenvalue weighted by Gasteiger charge is -2.46. The lowest BCUT2D eigenvalue weighted by molar-refractivity contribution is -0.137. The van der Waals surface area contributed by atoms with Crippen molar-refractivity contribution >= 4 is 17.7 Å². The van der Waals surface area contributed by atoms with E-state index in [1.807, 2.05) is 44.2 Å². The number of Topliss-reactive ketones (excluding diaryl/α,β-unsaturated/α-hetero) is 2. The number of nitrogens with zero attached hydrogens (tertiary/aromatic N) is 1. The van der Waals surface area contributed by atoms with E-state index in [0.29, 0.717) is 42.5 Å². The first-order chi connectivity index (χ1) is 21.2. The quantitative estimate of drug-likeness (QED) is 0.321. The minimum absolute atomic E-state index is 0.0713. The summed E-state index contributed by atoms with van der Waals surface area (Å²) in [6.07, 6.45) is -4.05. The highest BCUT2D eigenvalue weighted by molar-refractivity contribution is 6.12. The summed E-state index contributed by atoms with van der Waals surface area (Å²) in [6.45, 7) is 6.03. The second-order valence-corrected chi connectivity index (χ2v) is 13.1. The Balaban J connectivity index is 1.63. The number of likely N-dealkylation sites (tertiary alicyclic amines) is 1. The summed E-state index contributed by atoms with van der Waals surface area (Å²) in [6, 6.07) is 13.3. The predicted molar refractivity (Wildman–Crippen MR) is 162 cm³/mol. The molecule has 0 bridgehead atoms. The van der Waals surface area contributed by atoms with Gasteiger partial charge in [-0.25, -0.2) is 4.79 Å². The number of allylic oxidation sites excluding steroid dienone is 3. The van der Waals surface area contributed by atoms with E-state index in [9.17, 15) is 32.7 Å². The number of rotatable bonds is 7. The van der Waals surface area contributed by atoms with Crippen LogP contribution in [-0.2, 0) is 22.1 Å². The second kappa shape index (κ2) is 12.5. The fourth-order valence-corrected chi connectivity index (χ4v) is 7.20. The Bertz CT molecular complexity index is 1530. The van der Waals surface area contributed by atoms with Crippen LogP contribution in [0.2, 0.25) is 0 Å². The Hall–Kier alpha value is -3.92. The van der Waals surface area contributed by atoms with Crippen LogP contribution in [0.1, 0.15) is 67.9 Å². The van der Waals surface area contributed by atoms with Gasteiger partial charge in [0, 0.05) is 54.4 Å². The second-order valence-electron chi connectivity index (χ2n) is 13.1. The van der Waals surface area contributed by atoms with Gasteiger partial charge in [0.05, 0.1) is 17.4 Å². The van der Waals surface area contributed by atoms with Crippen LogP contribution in [-0.4, -0.2) is 53.5 Å². The molecule has 0 saturated carbocycles. The Morgan fingerprint density at radius 1 is 1.09 bits per heavy atom. The van der Waals surface area contributed by atoms with Crippen LogP contribution in [0.25, 0.3) is 0 Å². The number of benzene rings is 2. The maximum Gasteiger partial charge on any atom is 0.416 e. The number of carbonyl (C=O) groups is 3. The highest BCUT2D eigenvalue weighted by atomic mass is 19.4. The van der Waals surface area contributed by atoms with E-state index in [2.05, 4.69) is 5.32 Å². The van der Waals surface area contributed by atoms with Crippen LogP contribution in [0.15, 0.2) is 77.1 Å². The van der Waals surface area contributed by atoms with E-state index >= 15 is 0 Å². The molecule has 10 heteroatoms. The number of carboxylic acid groups (broad SMARTS) is 1. The molecule has 240 valence electrons. The topological polar surface area (TPSA) is 95.9 Å². The fourth-order valence-electron chi connectivity index (χ4n) is 7.20. The van der Waals surface area contributed by atoms with Crippen molar-refractivity contribution in [3.05, 3.63) is 93.8 Å². The molecule has 2 aromatic rings. The highest BCUT2D eigenvalue weighted by Gasteiger charge is 2.48. The number of dihydropyridines is 1. The molecule has 2 heterocycles. The molecule has 4 unspecified atom stereocenters. The molecule has 0 radical (unpaired) electrons. The summed E-state index contributed by atoms with van der Waals surface area (Å²) < 4.78 is 45.8. The predicted octanol–water partition coefficient (Wildman–Crippen LogP) is 7.04. The average Bonchev–Trinajstić information content (AvgIpc) is 2.98. The number of hydrogen-bond donors (Lipinski definition) is 2. The number of alkyl halides is 3. The van der Waals surface area contributed by atoms with E-state index in [1.54, 1.807) is 6.92 Å². The summed E-state index contributed by atoms with van der Waals surface area (Å²) in [5.41, 5.74) is 1.87. The van der Waals surface area contributed by atoms with Gasteiger partial charge in [0.25, 0.3) is 0 Å². The van der Waals surface area contributed by atoms with Gasteiger partial charge in [-0.3, -0.25) is 9.59 Å². The number of amides is 1. The van der Waals surface area contributed by atoms with Crippen molar-refractivity contribution in [2.24, 2.45) is 17.3 Å². The number of nitrogens with one attached hydrogen (secondary N) is 1. The van der Waals surface area contributed by atoms with Gasteiger partial charge >= 0.3 is 12.3 Å². The molecule has 7 nitrogen and oxygen atoms in total. The molecular weight excluding hydrogens is 585 g/mol. The summed E-state index contributed by atoms with van der Waals surface area (Å²) in [4.78, 5) is 42.1. The Morgan fingerprint density at radius 2 is 1.76 bits per heavy atom. The van der Waals surface area contributed by atoms with Crippen molar-refractivity contribution in [3.8, 4) is 0 Å². The van der Waals surface area contributed by atoms with Gasteiger partial charge in [0.1, 0.15) is 0 Å². The lowest BCUT2D eigenvalue weighted by atomic mass is 9.63. The molecule has 2 aliphatic heterocycles. The van der Waals surface area contributed by atoms with E-state index in [0.717, 1.165) is 23.4 Å². The summed E-state index contributed by atoms with van der Waals surface area (Å²) in [5, 5.41) is 13.5. The third-order valence-electron chi connectivity index (χ3n) is 9.38. The van der Waals surface area contributed by atoms with E-state index in [-0.39, 0.29) is 35.6 Å². The first kappa shape index (κ1) is 32.5. The van der Waals surface area contributed by atoms with Crippen molar-refractivity contribution in [1.29, 1.82) is 0 Å². The van der Waals surface area contributed by atoms with Crippen molar-refractivity contribution < 1.29 is 37.4 Å². The molecule has 5 rings (SSSR count). The van der Waals surface area contributed by atoms with Crippen LogP contribution in [0.5, 0.6) is 0 Å². The summed E-state index contributed by atoms with van der Waals surface area (Å²) >= 11 is 0. The van der Waals surface area contributed by atoms with Gasteiger partial charge in [-0.05, 0) is 61.6 Å². The number of methoxy groups -OCH3 is 1. The number of halogens is 3. The van der Waals surface area contributed by atoms with Gasteiger partial charge in [-0.2, -0.15) is 13.2 Å². The fraction of sp³-hybridized carbons (Fsp3) is 0.457. The number of ketones is 2. The van der Waals surface area contributed by atoms with Crippen molar-refractivity contribution in [2.75, 3.05) is 13.7 Å². The zero-order chi connectivity index (χ0) is 32.7. The summed E-state index contributed by atoms with van der Waals surface area (Å²) in [5.74, 6) is -1.52. The van der Waals surface area contributed by atoms with Crippen LogP contribution >= 0.6 is 0 Å². The van der Waals surface area contributed by atoms with Crippen LogP contribution in [0.3, 0.4) is 0 Å². The molecule has 1 saturated heterocycles. The highest BCUT2D eigenvalue weighted by Crippen LogP contribution is 2.49. The Morgan fingerprint density at radius 3 is 2.36 bits per heavy atom. The molecule has 1 fully saturated rings. The third kappa shape index (κ3) is 6.71. The molecular formula is C35H39F3N2O5. The molecule has 1 amide bonds. The van der Waals surface area contributed by atoms with Crippen LogP contribution in [0, 0.1) is 17.3 Å². The normalized spacial score (nSPS) is 24.2. The molecule has 4 atom stereocenters. The minimum atomic E-state index is -4.56. The van der Waals surface area contributed by atoms with Gasteiger partial charge in [0.15, 0.2) is 11.6 Å². The SMILES string of the molecule is COC(C)C1=C(C(=O)c2ccc(C(F)(F)F)cc2)C(C2CCN(C(=O)O)C(Cc3ccccc3)C2)C2=C(CC(C)(C)CC2=O)N1. The van der Waals surface area contributed by atoms with Gasteiger partial charge in [0.2, 0.25) is 0 Å². The first-order valence-corrected chi connectivity index (χ1v) is 15.3. The van der Waals surface area contributed by atoms with Crippen molar-refractivity contribution in [3.63, 3.8) is 0 Å². The van der Waals surface area contributed by atoms with E-state index < -0.39 is 41.7 Å². The third-order valence-corrected chi connectivity index (χ3v) is 9.38. The van der Waals surface area contributed by atoms with E-state index in [1.165, 1.54) is 24.1 Å². The molecule has 0 aromatic heterocycles. The van der Waals surface area contributed by atoms with Crippen LogP contribution < -0.4 is 5.32 Å². The van der Waals surface area contributed by atoms with Gasteiger partial charge in [-0.1, -0.05) is 56.3 Å². The van der Waals surface area contributed by atoms with Crippen molar-refractivity contribution in [1.82, 2.24) is 10.2 Å². The zero-order valence-electron chi connectivity index (χ0n) is 25.9. The standard InChI is InChI=1S/C35H39F3N2O5/c1-20(45-4)31-30(32(42)22-10-12-24(13-11-22)35(36,37)38)28(29-26(39-31)18-34(2,3)19-27(29)41)23-14-15-40(33(43)44)25(17-23)16-21-8-6-5-7-9-21/h5-13,20,23,25,28,39H,14-19H2,1-4H3,(H,43,44). The molecule has 0 spiro atoms. The Labute approximate surface area is 261 Å². The lowest BCUT2D eigenvalue weighted by Crippen LogP contribution is -2.50. The molecule has 1 aliphatic carbocycles. The van der Waals surface area contributed by atoms with Gasteiger partial charge in [-0.15, -0.1) is 0 Å². The van der Waals surface area contributed by atoms with Crippen LogP contribution in [0.4, 0.5) is 18.0 Å². The maximum absolute atomic E-state index is 14.4. The van der Waals surface area contributed by atoms with Gasteiger partial charge < -0.3 is 20.1 Å². The van der Waals surface area contributed by atoms with Crippen molar-refractivity contribution in [2.45, 2.75) is 71.2 Å². The molecule has 45 heavy (non-hydrogen) atoms. The monoisotopic (exact) mass is 624 g/mol. The van der Waals surface area contributed by atoms with E-state index in [4.69, 9.17) is 4.74 Å². The largest absolute Gasteiger partial charge is 0.465 e. The number of hydrogen-bond acceptors (Lipinski definition) is 5. The smallest absolute Gasteiger partial charge is 0.416 e. The first-order valence-electron chi connectivity index (χ1n) is 15.3. The zero-order valence-corrected chi connectivity index (χ0v) is 25.9. The summed E-state index contributed by atoms with van der Waals surface area (Å²) in [7, 11) is 1.51. The molecule has 2 aromatic carbocycles.